The van der Waals surface area contributed by atoms with Crippen molar-refractivity contribution in [2.75, 3.05) is 0 Å². The first-order valence-corrected chi connectivity index (χ1v) is 8.08. The summed E-state index contributed by atoms with van der Waals surface area (Å²) in [4.78, 5) is 14.6. The van der Waals surface area contributed by atoms with Gasteiger partial charge in [-0.25, -0.2) is 0 Å². The van der Waals surface area contributed by atoms with Gasteiger partial charge in [-0.15, -0.1) is 0 Å². The zero-order chi connectivity index (χ0) is 16.1. The molecule has 0 atom stereocenters. The predicted molar refractivity (Wildman–Crippen MR) is 89.5 cm³/mol. The van der Waals surface area contributed by atoms with E-state index in [9.17, 15) is 4.79 Å². The third-order valence-corrected chi connectivity index (χ3v) is 4.21. The summed E-state index contributed by atoms with van der Waals surface area (Å²) in [6.07, 6.45) is 3.49. The van der Waals surface area contributed by atoms with Crippen molar-refractivity contribution in [2.45, 2.75) is 38.3 Å². The van der Waals surface area contributed by atoms with Gasteiger partial charge < -0.3 is 4.90 Å². The molecule has 0 saturated heterocycles. The summed E-state index contributed by atoms with van der Waals surface area (Å²) >= 11 is 0. The van der Waals surface area contributed by atoms with Gasteiger partial charge in [0.2, 0.25) is 5.91 Å². The van der Waals surface area contributed by atoms with Gasteiger partial charge in [-0.3, -0.25) is 4.79 Å². The van der Waals surface area contributed by atoms with E-state index < -0.39 is 0 Å². The molecule has 0 radical (unpaired) electrons. The molecule has 3 nitrogen and oxygen atoms in total. The van der Waals surface area contributed by atoms with Crippen LogP contribution in [0.4, 0.5) is 0 Å². The van der Waals surface area contributed by atoms with Gasteiger partial charge in [0.25, 0.3) is 0 Å². The molecule has 0 spiro atoms. The van der Waals surface area contributed by atoms with Crippen LogP contribution in [0.1, 0.15) is 36.0 Å². The Morgan fingerprint density at radius 3 is 2.35 bits per heavy atom. The second kappa shape index (κ2) is 7.11. The fourth-order valence-electron chi connectivity index (χ4n) is 2.73. The average Bonchev–Trinajstić information content (AvgIpc) is 3.44. The predicted octanol–water partition coefficient (Wildman–Crippen LogP) is 3.68. The molecule has 0 heterocycles. The molecule has 1 amide bonds. The molecular formula is C20H20N2O. The van der Waals surface area contributed by atoms with Gasteiger partial charge in [0.15, 0.2) is 0 Å². The van der Waals surface area contributed by atoms with E-state index in [-0.39, 0.29) is 5.91 Å². The van der Waals surface area contributed by atoms with E-state index in [1.165, 1.54) is 5.56 Å². The molecule has 2 aromatic carbocycles. The third-order valence-electron chi connectivity index (χ3n) is 4.21. The van der Waals surface area contributed by atoms with Gasteiger partial charge >= 0.3 is 0 Å². The maximum Gasteiger partial charge on any atom is 0.223 e. The lowest BCUT2D eigenvalue weighted by atomic mass is 10.1. The van der Waals surface area contributed by atoms with E-state index in [1.54, 1.807) is 0 Å². The highest BCUT2D eigenvalue weighted by Gasteiger charge is 2.32. The maximum absolute atomic E-state index is 12.6. The smallest absolute Gasteiger partial charge is 0.223 e. The molecule has 1 aliphatic rings. The summed E-state index contributed by atoms with van der Waals surface area (Å²) in [5, 5.41) is 8.82. The molecule has 2 aromatic rings. The second-order valence-corrected chi connectivity index (χ2v) is 6.05. The maximum atomic E-state index is 12.6. The minimum absolute atomic E-state index is 0.223. The van der Waals surface area contributed by atoms with E-state index in [0.717, 1.165) is 24.8 Å². The summed E-state index contributed by atoms with van der Waals surface area (Å²) in [5.41, 5.74) is 2.95. The third kappa shape index (κ3) is 4.20. The van der Waals surface area contributed by atoms with Crippen LogP contribution in [0, 0.1) is 11.3 Å². The van der Waals surface area contributed by atoms with Gasteiger partial charge in [-0.05, 0) is 42.5 Å². The van der Waals surface area contributed by atoms with Crippen LogP contribution >= 0.6 is 0 Å². The SMILES string of the molecule is N#Cc1ccc(CCC(=O)N(Cc2ccccc2)C2CC2)cc1. The molecule has 0 aromatic heterocycles. The first-order chi connectivity index (χ1) is 11.3. The lowest BCUT2D eigenvalue weighted by Gasteiger charge is -2.22. The van der Waals surface area contributed by atoms with Gasteiger partial charge in [-0.1, -0.05) is 42.5 Å². The average molecular weight is 304 g/mol. The van der Waals surface area contributed by atoms with Crippen molar-refractivity contribution >= 4 is 5.91 Å². The Morgan fingerprint density at radius 2 is 1.74 bits per heavy atom. The lowest BCUT2D eigenvalue weighted by Crippen LogP contribution is -2.32. The highest BCUT2D eigenvalue weighted by molar-refractivity contribution is 5.77. The van der Waals surface area contributed by atoms with Crippen molar-refractivity contribution in [1.82, 2.24) is 4.90 Å². The molecule has 23 heavy (non-hydrogen) atoms. The quantitative estimate of drug-likeness (QED) is 0.817. The monoisotopic (exact) mass is 304 g/mol. The Balaban J connectivity index is 1.59. The number of hydrogen-bond donors (Lipinski definition) is 0. The number of nitriles is 1. The minimum atomic E-state index is 0.223. The van der Waals surface area contributed by atoms with Crippen molar-refractivity contribution in [3.05, 3.63) is 71.3 Å². The van der Waals surface area contributed by atoms with E-state index in [0.29, 0.717) is 24.6 Å². The van der Waals surface area contributed by atoms with Gasteiger partial charge in [0.05, 0.1) is 11.6 Å². The summed E-state index contributed by atoms with van der Waals surface area (Å²) in [6.45, 7) is 0.706. The molecule has 3 heteroatoms. The highest BCUT2D eigenvalue weighted by Crippen LogP contribution is 2.29. The Morgan fingerprint density at radius 1 is 1.04 bits per heavy atom. The summed E-state index contributed by atoms with van der Waals surface area (Å²) in [6, 6.07) is 20.2. The number of carbonyl (C=O) groups is 1. The first kappa shape index (κ1) is 15.3. The Kier molecular flexibility index (Phi) is 4.73. The summed E-state index contributed by atoms with van der Waals surface area (Å²) in [7, 11) is 0. The fourth-order valence-corrected chi connectivity index (χ4v) is 2.73. The number of rotatable bonds is 6. The largest absolute Gasteiger partial charge is 0.335 e. The van der Waals surface area contributed by atoms with Crippen molar-refractivity contribution in [2.24, 2.45) is 0 Å². The summed E-state index contributed by atoms with van der Waals surface area (Å²) in [5.74, 6) is 0.223. The Labute approximate surface area is 137 Å². The number of aryl methyl sites for hydroxylation is 1. The van der Waals surface area contributed by atoms with Gasteiger partial charge in [-0.2, -0.15) is 5.26 Å². The molecule has 0 N–H and O–H groups in total. The highest BCUT2D eigenvalue weighted by atomic mass is 16.2. The second-order valence-electron chi connectivity index (χ2n) is 6.05. The van der Waals surface area contributed by atoms with Crippen LogP contribution in [0.2, 0.25) is 0 Å². The van der Waals surface area contributed by atoms with Gasteiger partial charge in [0.1, 0.15) is 0 Å². The van der Waals surface area contributed by atoms with Crippen LogP contribution < -0.4 is 0 Å². The Bertz CT molecular complexity index is 697. The molecule has 1 aliphatic carbocycles. The molecule has 1 saturated carbocycles. The number of carbonyl (C=O) groups excluding carboxylic acids is 1. The topological polar surface area (TPSA) is 44.1 Å². The zero-order valence-electron chi connectivity index (χ0n) is 13.1. The molecule has 0 bridgehead atoms. The van der Waals surface area contributed by atoms with Crippen LogP contribution in [0.25, 0.3) is 0 Å². The van der Waals surface area contributed by atoms with E-state index in [2.05, 4.69) is 18.2 Å². The number of nitrogens with zero attached hydrogens (tertiary/aromatic N) is 2. The minimum Gasteiger partial charge on any atom is -0.335 e. The van der Waals surface area contributed by atoms with E-state index >= 15 is 0 Å². The number of hydrogen-bond acceptors (Lipinski definition) is 2. The summed E-state index contributed by atoms with van der Waals surface area (Å²) < 4.78 is 0. The first-order valence-electron chi connectivity index (χ1n) is 8.08. The van der Waals surface area contributed by atoms with Crippen LogP contribution in [-0.4, -0.2) is 16.8 Å². The van der Waals surface area contributed by atoms with Crippen molar-refractivity contribution in [3.63, 3.8) is 0 Å². The van der Waals surface area contributed by atoms with Crippen molar-refractivity contribution < 1.29 is 4.79 Å². The fraction of sp³-hybridized carbons (Fsp3) is 0.300. The molecule has 116 valence electrons. The van der Waals surface area contributed by atoms with Gasteiger partial charge in [0, 0.05) is 19.0 Å². The van der Waals surface area contributed by atoms with E-state index in [1.807, 2.05) is 47.4 Å². The Hall–Kier alpha value is -2.60. The molecule has 3 rings (SSSR count). The molecular weight excluding hydrogens is 284 g/mol. The number of benzene rings is 2. The zero-order valence-corrected chi connectivity index (χ0v) is 13.1. The normalized spacial score (nSPS) is 13.3. The standard InChI is InChI=1S/C20H20N2O/c21-14-17-8-6-16(7-9-17)10-13-20(23)22(19-11-12-19)15-18-4-2-1-3-5-18/h1-9,19H,10-13,15H2. The van der Waals surface area contributed by atoms with E-state index in [4.69, 9.17) is 5.26 Å². The lowest BCUT2D eigenvalue weighted by molar-refractivity contribution is -0.132. The number of amides is 1. The van der Waals surface area contributed by atoms with Crippen LogP contribution in [0.3, 0.4) is 0 Å². The molecule has 0 aliphatic heterocycles. The molecule has 1 fully saturated rings. The van der Waals surface area contributed by atoms with Crippen LogP contribution in [0.5, 0.6) is 0 Å². The van der Waals surface area contributed by atoms with Crippen LogP contribution in [0.15, 0.2) is 54.6 Å². The molecule has 0 unspecified atom stereocenters. The van der Waals surface area contributed by atoms with Crippen molar-refractivity contribution in [3.8, 4) is 6.07 Å². The van der Waals surface area contributed by atoms with Crippen LogP contribution in [-0.2, 0) is 17.8 Å². The van der Waals surface area contributed by atoms with Crippen molar-refractivity contribution in [1.29, 1.82) is 5.26 Å².